The summed E-state index contributed by atoms with van der Waals surface area (Å²) < 4.78 is 10.2. The van der Waals surface area contributed by atoms with Gasteiger partial charge in [0.25, 0.3) is 0 Å². The van der Waals surface area contributed by atoms with Crippen LogP contribution in [0.3, 0.4) is 0 Å². The van der Waals surface area contributed by atoms with Crippen molar-refractivity contribution in [3.63, 3.8) is 0 Å². The zero-order valence-corrected chi connectivity index (χ0v) is 10.5. The van der Waals surface area contributed by atoms with Crippen molar-refractivity contribution in [2.45, 2.75) is 18.9 Å². The van der Waals surface area contributed by atoms with Crippen molar-refractivity contribution in [1.82, 2.24) is 10.1 Å². The molecule has 1 aliphatic heterocycles. The smallest absolute Gasteiger partial charge is 0.339 e. The van der Waals surface area contributed by atoms with Crippen molar-refractivity contribution in [2.24, 2.45) is 0 Å². The van der Waals surface area contributed by atoms with Crippen molar-refractivity contribution in [1.29, 1.82) is 0 Å². The number of aromatic nitrogens is 1. The number of esters is 1. The van der Waals surface area contributed by atoms with Gasteiger partial charge in [0.1, 0.15) is 0 Å². The van der Waals surface area contributed by atoms with Gasteiger partial charge in [-0.1, -0.05) is 24.2 Å². The number of hydrogen-bond donors (Lipinski definition) is 0. The highest BCUT2D eigenvalue weighted by molar-refractivity contribution is 5.82. The standard InChI is InChI=1S/C13H16N2O3/c1-3-13(12(16)17-2,11-7-8-14-18-11)15-9-5-4-6-10-15/h4-9H,3,10H2,1-2H3. The second-order valence-corrected chi connectivity index (χ2v) is 4.00. The predicted molar refractivity (Wildman–Crippen MR) is 65.5 cm³/mol. The monoisotopic (exact) mass is 248 g/mol. The van der Waals surface area contributed by atoms with E-state index >= 15 is 0 Å². The molecule has 5 nitrogen and oxygen atoms in total. The molecule has 2 rings (SSSR count). The molecule has 1 aromatic rings. The fourth-order valence-corrected chi connectivity index (χ4v) is 2.23. The summed E-state index contributed by atoms with van der Waals surface area (Å²) in [6.45, 7) is 2.55. The van der Waals surface area contributed by atoms with E-state index in [1.165, 1.54) is 13.3 Å². The van der Waals surface area contributed by atoms with Gasteiger partial charge in [0, 0.05) is 18.8 Å². The minimum Gasteiger partial charge on any atom is -0.467 e. The molecule has 0 spiro atoms. The van der Waals surface area contributed by atoms with E-state index in [0.29, 0.717) is 18.7 Å². The molecule has 0 saturated heterocycles. The van der Waals surface area contributed by atoms with Crippen LogP contribution in [0.2, 0.25) is 0 Å². The number of ether oxygens (including phenoxy) is 1. The van der Waals surface area contributed by atoms with Crippen molar-refractivity contribution >= 4 is 5.97 Å². The Kier molecular flexibility index (Phi) is 3.50. The van der Waals surface area contributed by atoms with Gasteiger partial charge in [-0.3, -0.25) is 0 Å². The van der Waals surface area contributed by atoms with Gasteiger partial charge < -0.3 is 14.2 Å². The molecular formula is C13H16N2O3. The second-order valence-electron chi connectivity index (χ2n) is 4.00. The summed E-state index contributed by atoms with van der Waals surface area (Å²) >= 11 is 0. The van der Waals surface area contributed by atoms with Crippen LogP contribution in [0, 0.1) is 0 Å². The van der Waals surface area contributed by atoms with Gasteiger partial charge >= 0.3 is 5.97 Å². The highest BCUT2D eigenvalue weighted by Crippen LogP contribution is 2.34. The van der Waals surface area contributed by atoms with Crippen LogP contribution in [0.1, 0.15) is 19.1 Å². The molecule has 0 fully saturated rings. The molecule has 0 N–H and O–H groups in total. The van der Waals surface area contributed by atoms with Crippen LogP contribution in [0.4, 0.5) is 0 Å². The van der Waals surface area contributed by atoms with Crippen LogP contribution in [0.25, 0.3) is 0 Å². The summed E-state index contributed by atoms with van der Waals surface area (Å²) in [5.41, 5.74) is -0.952. The molecule has 0 bridgehead atoms. The first-order chi connectivity index (χ1) is 8.75. The summed E-state index contributed by atoms with van der Waals surface area (Å²) in [5, 5.41) is 3.70. The zero-order chi connectivity index (χ0) is 13.0. The number of nitrogens with zero attached hydrogens (tertiary/aromatic N) is 2. The summed E-state index contributed by atoms with van der Waals surface area (Å²) in [4.78, 5) is 14.2. The van der Waals surface area contributed by atoms with Crippen molar-refractivity contribution in [2.75, 3.05) is 13.7 Å². The molecule has 5 heteroatoms. The molecule has 0 radical (unpaired) electrons. The van der Waals surface area contributed by atoms with Crippen LogP contribution in [0.15, 0.2) is 41.2 Å². The number of methoxy groups -OCH3 is 1. The third kappa shape index (κ3) is 1.81. The third-order valence-electron chi connectivity index (χ3n) is 3.19. The summed E-state index contributed by atoms with van der Waals surface area (Å²) in [6.07, 6.45) is 9.73. The Morgan fingerprint density at radius 3 is 2.94 bits per heavy atom. The largest absolute Gasteiger partial charge is 0.467 e. The normalized spacial score (nSPS) is 17.6. The van der Waals surface area contributed by atoms with Gasteiger partial charge in [0.05, 0.1) is 13.3 Å². The fourth-order valence-electron chi connectivity index (χ4n) is 2.23. The first-order valence-corrected chi connectivity index (χ1v) is 5.85. The van der Waals surface area contributed by atoms with Crippen LogP contribution < -0.4 is 0 Å². The fraction of sp³-hybridized carbons (Fsp3) is 0.385. The van der Waals surface area contributed by atoms with Gasteiger partial charge in [-0.15, -0.1) is 0 Å². The molecule has 0 aromatic carbocycles. The maximum Gasteiger partial charge on any atom is 0.339 e. The second kappa shape index (κ2) is 5.08. The molecule has 1 aromatic heterocycles. The number of carbonyl (C=O) groups excluding carboxylic acids is 1. The molecule has 2 heterocycles. The van der Waals surface area contributed by atoms with Crippen molar-refractivity contribution in [3.8, 4) is 0 Å². The number of allylic oxidation sites excluding steroid dienone is 2. The van der Waals surface area contributed by atoms with Crippen LogP contribution in [-0.4, -0.2) is 29.7 Å². The third-order valence-corrected chi connectivity index (χ3v) is 3.19. The van der Waals surface area contributed by atoms with Crippen LogP contribution in [-0.2, 0) is 15.1 Å². The van der Waals surface area contributed by atoms with E-state index in [-0.39, 0.29) is 5.97 Å². The van der Waals surface area contributed by atoms with Crippen molar-refractivity contribution < 1.29 is 14.1 Å². The minimum atomic E-state index is -0.952. The number of hydrogen-bond acceptors (Lipinski definition) is 5. The molecule has 18 heavy (non-hydrogen) atoms. The maximum absolute atomic E-state index is 12.3. The average molecular weight is 248 g/mol. The molecule has 96 valence electrons. The van der Waals surface area contributed by atoms with Crippen LogP contribution in [0.5, 0.6) is 0 Å². The molecule has 0 saturated carbocycles. The van der Waals surface area contributed by atoms with Gasteiger partial charge in [0.2, 0.25) is 0 Å². The van der Waals surface area contributed by atoms with Gasteiger partial charge in [0.15, 0.2) is 11.3 Å². The molecular weight excluding hydrogens is 232 g/mol. The maximum atomic E-state index is 12.3. The van der Waals surface area contributed by atoms with E-state index < -0.39 is 5.54 Å². The van der Waals surface area contributed by atoms with Gasteiger partial charge in [-0.2, -0.15) is 0 Å². The van der Waals surface area contributed by atoms with E-state index in [4.69, 9.17) is 9.26 Å². The summed E-state index contributed by atoms with van der Waals surface area (Å²) in [7, 11) is 1.38. The zero-order valence-electron chi connectivity index (χ0n) is 10.5. The number of carbonyl (C=O) groups is 1. The molecule has 1 atom stereocenters. The van der Waals surface area contributed by atoms with E-state index in [1.54, 1.807) is 6.07 Å². The van der Waals surface area contributed by atoms with E-state index in [0.717, 1.165) is 0 Å². The van der Waals surface area contributed by atoms with Crippen molar-refractivity contribution in [3.05, 3.63) is 42.5 Å². The van der Waals surface area contributed by atoms with Crippen LogP contribution >= 0.6 is 0 Å². The lowest BCUT2D eigenvalue weighted by atomic mass is 9.90. The first-order valence-electron chi connectivity index (χ1n) is 5.85. The Bertz CT molecular complexity index is 465. The Morgan fingerprint density at radius 2 is 2.44 bits per heavy atom. The lowest BCUT2D eigenvalue weighted by Gasteiger charge is -2.38. The lowest BCUT2D eigenvalue weighted by molar-refractivity contribution is -0.156. The predicted octanol–water partition coefficient (Wildman–Crippen LogP) is 1.84. The van der Waals surface area contributed by atoms with E-state index in [1.807, 2.05) is 36.3 Å². The average Bonchev–Trinajstić information content (AvgIpc) is 2.95. The topological polar surface area (TPSA) is 55.6 Å². The number of rotatable bonds is 4. The van der Waals surface area contributed by atoms with E-state index in [9.17, 15) is 4.79 Å². The molecule has 1 aliphatic rings. The van der Waals surface area contributed by atoms with Gasteiger partial charge in [-0.05, 0) is 12.5 Å². The molecule has 1 unspecified atom stereocenters. The lowest BCUT2D eigenvalue weighted by Crippen LogP contribution is -2.50. The highest BCUT2D eigenvalue weighted by Gasteiger charge is 2.47. The Labute approximate surface area is 106 Å². The quantitative estimate of drug-likeness (QED) is 0.761. The Balaban J connectivity index is 2.47. The molecule has 0 aliphatic carbocycles. The van der Waals surface area contributed by atoms with Gasteiger partial charge in [-0.25, -0.2) is 4.79 Å². The Hall–Kier alpha value is -2.04. The summed E-state index contributed by atoms with van der Waals surface area (Å²) in [6, 6.07) is 1.70. The summed E-state index contributed by atoms with van der Waals surface area (Å²) in [5.74, 6) is 0.151. The highest BCUT2D eigenvalue weighted by atomic mass is 16.5. The molecule has 0 amide bonds. The first kappa shape index (κ1) is 12.4. The SMILES string of the molecule is CCC(C(=O)OC)(c1ccno1)N1C=CC=CC1. The minimum absolute atomic E-state index is 0.346. The Morgan fingerprint density at radius 1 is 1.61 bits per heavy atom. The van der Waals surface area contributed by atoms with E-state index in [2.05, 4.69) is 5.16 Å².